The van der Waals surface area contributed by atoms with Gasteiger partial charge in [0.2, 0.25) is 5.91 Å². The average Bonchev–Trinajstić information content (AvgIpc) is 1.97. The van der Waals surface area contributed by atoms with Gasteiger partial charge in [0.1, 0.15) is 11.6 Å². The Labute approximate surface area is 97.7 Å². The summed E-state index contributed by atoms with van der Waals surface area (Å²) in [6.07, 6.45) is 0.592. The molecule has 1 amide bonds. The fourth-order valence-electron chi connectivity index (χ4n) is 1.30. The quantitative estimate of drug-likeness (QED) is 0.749. The molecule has 16 heavy (non-hydrogen) atoms. The maximum atomic E-state index is 11.8. The van der Waals surface area contributed by atoms with Crippen LogP contribution in [-0.2, 0) is 14.3 Å². The van der Waals surface area contributed by atoms with Crippen molar-refractivity contribution in [2.75, 3.05) is 0 Å². The van der Waals surface area contributed by atoms with Crippen molar-refractivity contribution < 1.29 is 14.3 Å². The molecule has 0 heterocycles. The number of amides is 1. The summed E-state index contributed by atoms with van der Waals surface area (Å²) in [5.74, 6) is -0.253. The second-order valence-electron chi connectivity index (χ2n) is 5.42. The maximum absolute atomic E-state index is 11.8. The Balaban J connectivity index is 4.49. The monoisotopic (exact) mass is 229 g/mol. The third-order valence-corrected chi connectivity index (χ3v) is 1.78. The van der Waals surface area contributed by atoms with Crippen molar-refractivity contribution >= 4 is 11.9 Å². The molecule has 94 valence electrons. The highest BCUT2D eigenvalue weighted by molar-refractivity contribution is 5.83. The van der Waals surface area contributed by atoms with Crippen LogP contribution in [0, 0.1) is 5.92 Å². The summed E-state index contributed by atoms with van der Waals surface area (Å²) in [6, 6.07) is -0.545. The molecule has 4 nitrogen and oxygen atoms in total. The van der Waals surface area contributed by atoms with E-state index in [-0.39, 0.29) is 11.9 Å². The molecule has 0 aromatic heterocycles. The summed E-state index contributed by atoms with van der Waals surface area (Å²) < 4.78 is 5.25. The Kier molecular flexibility index (Phi) is 5.48. The first-order valence-electron chi connectivity index (χ1n) is 5.62. The fraction of sp³-hybridized carbons (Fsp3) is 0.833. The first kappa shape index (κ1) is 14.9. The molecule has 0 aliphatic carbocycles. The van der Waals surface area contributed by atoms with Crippen molar-refractivity contribution in [1.29, 1.82) is 0 Å². The number of carbonyl (C=O) groups excluding carboxylic acids is 2. The van der Waals surface area contributed by atoms with Crippen molar-refractivity contribution in [2.24, 2.45) is 5.92 Å². The van der Waals surface area contributed by atoms with E-state index in [1.54, 1.807) is 0 Å². The molecule has 4 heteroatoms. The number of ether oxygens (including phenoxy) is 1. The minimum atomic E-state index is -0.545. The van der Waals surface area contributed by atoms with Crippen LogP contribution in [0.2, 0.25) is 0 Å². The van der Waals surface area contributed by atoms with E-state index >= 15 is 0 Å². The highest BCUT2D eigenvalue weighted by Gasteiger charge is 2.26. The van der Waals surface area contributed by atoms with Crippen molar-refractivity contribution in [2.45, 2.75) is 59.6 Å². The summed E-state index contributed by atoms with van der Waals surface area (Å²) >= 11 is 0. The Morgan fingerprint density at radius 2 is 1.75 bits per heavy atom. The molecule has 0 aliphatic rings. The van der Waals surface area contributed by atoms with E-state index in [0.29, 0.717) is 12.3 Å². The first-order chi connectivity index (χ1) is 7.11. The van der Waals surface area contributed by atoms with Crippen LogP contribution in [0.1, 0.15) is 48.0 Å². The van der Waals surface area contributed by atoms with Crippen LogP contribution in [0.25, 0.3) is 0 Å². The zero-order chi connectivity index (χ0) is 12.9. The molecule has 1 atom stereocenters. The number of hydrogen-bond donors (Lipinski definition) is 1. The first-order valence-corrected chi connectivity index (χ1v) is 5.62. The Morgan fingerprint density at radius 3 is 2.06 bits per heavy atom. The van der Waals surface area contributed by atoms with Gasteiger partial charge in [0.15, 0.2) is 0 Å². The molecule has 0 spiro atoms. The summed E-state index contributed by atoms with van der Waals surface area (Å²) in [6.45, 7) is 10.8. The van der Waals surface area contributed by atoms with E-state index in [2.05, 4.69) is 5.32 Å². The van der Waals surface area contributed by atoms with Gasteiger partial charge in [-0.05, 0) is 33.1 Å². The number of rotatable bonds is 4. The van der Waals surface area contributed by atoms with E-state index in [4.69, 9.17) is 4.74 Å². The largest absolute Gasteiger partial charge is 0.458 e. The normalized spacial score (nSPS) is 13.4. The highest BCUT2D eigenvalue weighted by atomic mass is 16.6. The van der Waals surface area contributed by atoms with Gasteiger partial charge in [-0.3, -0.25) is 4.79 Å². The van der Waals surface area contributed by atoms with Crippen LogP contribution < -0.4 is 5.32 Å². The van der Waals surface area contributed by atoms with E-state index in [0.717, 1.165) is 0 Å². The molecule has 0 radical (unpaired) electrons. The lowest BCUT2D eigenvalue weighted by Gasteiger charge is -2.25. The van der Waals surface area contributed by atoms with Gasteiger partial charge in [-0.2, -0.15) is 0 Å². The van der Waals surface area contributed by atoms with Gasteiger partial charge in [-0.25, -0.2) is 4.79 Å². The summed E-state index contributed by atoms with van der Waals surface area (Å²) in [5, 5.41) is 2.62. The molecule has 0 aliphatic heterocycles. The standard InChI is InChI=1S/C12H23NO3/c1-8(2)7-10(13-9(3)14)11(15)16-12(4,5)6/h8,10H,7H2,1-6H3,(H,13,14)/t10-/m0/s1. The van der Waals surface area contributed by atoms with Gasteiger partial charge in [-0.15, -0.1) is 0 Å². The van der Waals surface area contributed by atoms with E-state index in [9.17, 15) is 9.59 Å². The molecule has 1 N–H and O–H groups in total. The fourth-order valence-corrected chi connectivity index (χ4v) is 1.30. The van der Waals surface area contributed by atoms with Gasteiger partial charge in [0, 0.05) is 6.92 Å². The van der Waals surface area contributed by atoms with Gasteiger partial charge in [0.25, 0.3) is 0 Å². The van der Waals surface area contributed by atoms with Crippen LogP contribution in [0.15, 0.2) is 0 Å². The number of esters is 1. The van der Waals surface area contributed by atoms with Gasteiger partial charge >= 0.3 is 5.97 Å². The molecule has 0 aromatic carbocycles. The van der Waals surface area contributed by atoms with Crippen molar-refractivity contribution in [3.63, 3.8) is 0 Å². The predicted molar refractivity (Wildman–Crippen MR) is 62.9 cm³/mol. The van der Waals surface area contributed by atoms with Gasteiger partial charge in [0.05, 0.1) is 0 Å². The minimum absolute atomic E-state index is 0.212. The van der Waals surface area contributed by atoms with Crippen LogP contribution in [0.4, 0.5) is 0 Å². The van der Waals surface area contributed by atoms with Crippen molar-refractivity contribution in [3.05, 3.63) is 0 Å². The Bertz CT molecular complexity index is 253. The molecule has 0 saturated carbocycles. The Hall–Kier alpha value is -1.06. The molecular formula is C12H23NO3. The van der Waals surface area contributed by atoms with Crippen LogP contribution in [-0.4, -0.2) is 23.5 Å². The lowest BCUT2D eigenvalue weighted by molar-refractivity contribution is -0.159. The predicted octanol–water partition coefficient (Wildman–Crippen LogP) is 1.88. The molecule has 0 fully saturated rings. The molecule has 0 aromatic rings. The molecule has 0 bridgehead atoms. The smallest absolute Gasteiger partial charge is 0.329 e. The third-order valence-electron chi connectivity index (χ3n) is 1.78. The molecule has 0 rings (SSSR count). The van der Waals surface area contributed by atoms with E-state index in [1.165, 1.54) is 6.92 Å². The van der Waals surface area contributed by atoms with Gasteiger partial charge in [-0.1, -0.05) is 13.8 Å². The van der Waals surface area contributed by atoms with Crippen LogP contribution >= 0.6 is 0 Å². The summed E-state index contributed by atoms with van der Waals surface area (Å²) in [5.41, 5.74) is -0.523. The highest BCUT2D eigenvalue weighted by Crippen LogP contribution is 2.12. The van der Waals surface area contributed by atoms with E-state index in [1.807, 2.05) is 34.6 Å². The third kappa shape index (κ3) is 7.26. The van der Waals surface area contributed by atoms with E-state index < -0.39 is 11.6 Å². The summed E-state index contributed by atoms with van der Waals surface area (Å²) in [7, 11) is 0. The van der Waals surface area contributed by atoms with Crippen LogP contribution in [0.3, 0.4) is 0 Å². The maximum Gasteiger partial charge on any atom is 0.329 e. The zero-order valence-corrected chi connectivity index (χ0v) is 11.1. The SMILES string of the molecule is CC(=O)N[C@@H](CC(C)C)C(=O)OC(C)(C)C. The minimum Gasteiger partial charge on any atom is -0.458 e. The second kappa shape index (κ2) is 5.87. The molecular weight excluding hydrogens is 206 g/mol. The van der Waals surface area contributed by atoms with Crippen LogP contribution in [0.5, 0.6) is 0 Å². The molecule has 0 unspecified atom stereocenters. The molecule has 0 saturated heterocycles. The van der Waals surface area contributed by atoms with Gasteiger partial charge < -0.3 is 10.1 Å². The lowest BCUT2D eigenvalue weighted by Crippen LogP contribution is -2.44. The van der Waals surface area contributed by atoms with Crippen molar-refractivity contribution in [1.82, 2.24) is 5.32 Å². The number of carbonyl (C=O) groups is 2. The van der Waals surface area contributed by atoms with Crippen molar-refractivity contribution in [3.8, 4) is 0 Å². The number of hydrogen-bond acceptors (Lipinski definition) is 3. The average molecular weight is 229 g/mol. The Morgan fingerprint density at radius 1 is 1.25 bits per heavy atom. The zero-order valence-electron chi connectivity index (χ0n) is 11.1. The second-order valence-corrected chi connectivity index (χ2v) is 5.42. The topological polar surface area (TPSA) is 55.4 Å². The summed E-state index contributed by atoms with van der Waals surface area (Å²) in [4.78, 5) is 22.8. The lowest BCUT2D eigenvalue weighted by atomic mass is 10.0. The number of nitrogens with one attached hydrogen (secondary N) is 1.